The maximum Gasteiger partial charge on any atom is 0.251 e. The van der Waals surface area contributed by atoms with Gasteiger partial charge in [0.15, 0.2) is 0 Å². The molecular weight excluding hydrogens is 342 g/mol. The van der Waals surface area contributed by atoms with E-state index < -0.39 is 5.60 Å². The minimum Gasteiger partial charge on any atom is -0.475 e. The summed E-state index contributed by atoms with van der Waals surface area (Å²) in [4.78, 5) is 20.9. The molecule has 2 N–H and O–H groups in total. The Morgan fingerprint density at radius 1 is 1.37 bits per heavy atom. The maximum atomic E-state index is 12.6. The van der Waals surface area contributed by atoms with Crippen molar-refractivity contribution in [2.75, 3.05) is 0 Å². The van der Waals surface area contributed by atoms with Crippen LogP contribution in [0.4, 0.5) is 0 Å². The fourth-order valence-electron chi connectivity index (χ4n) is 3.34. The Morgan fingerprint density at radius 2 is 2.15 bits per heavy atom. The monoisotopic (exact) mass is 369 g/mol. The normalized spacial score (nSPS) is 23.4. The lowest BCUT2D eigenvalue weighted by atomic mass is 9.78. The third-order valence-electron chi connectivity index (χ3n) is 5.24. The average molecular weight is 369 g/mol. The molecule has 2 aromatic heterocycles. The van der Waals surface area contributed by atoms with Crippen molar-refractivity contribution in [1.29, 1.82) is 0 Å². The van der Waals surface area contributed by atoms with Gasteiger partial charge in [0.1, 0.15) is 0 Å². The summed E-state index contributed by atoms with van der Waals surface area (Å²) in [5.41, 5.74) is 0.524. The first-order chi connectivity index (χ1) is 13.0. The van der Waals surface area contributed by atoms with E-state index in [1.807, 2.05) is 26.0 Å². The van der Waals surface area contributed by atoms with E-state index in [-0.39, 0.29) is 18.1 Å². The molecule has 1 aliphatic carbocycles. The van der Waals surface area contributed by atoms with Gasteiger partial charge in [0.05, 0.1) is 11.7 Å². The minimum absolute atomic E-state index is 0.0431. The van der Waals surface area contributed by atoms with E-state index >= 15 is 0 Å². The number of pyridine rings is 2. The lowest BCUT2D eigenvalue weighted by molar-refractivity contribution is -0.00831. The van der Waals surface area contributed by atoms with Gasteiger partial charge in [-0.3, -0.25) is 9.78 Å². The molecule has 1 amide bonds. The average Bonchev–Trinajstić information content (AvgIpc) is 2.70. The van der Waals surface area contributed by atoms with Crippen molar-refractivity contribution in [3.05, 3.63) is 54.0 Å². The van der Waals surface area contributed by atoms with Crippen LogP contribution in [0.5, 0.6) is 5.88 Å². The third kappa shape index (κ3) is 4.83. The molecule has 1 fully saturated rings. The molecule has 2 aromatic rings. The predicted molar refractivity (Wildman–Crippen MR) is 102 cm³/mol. The molecule has 0 unspecified atom stereocenters. The van der Waals surface area contributed by atoms with Crippen LogP contribution in [0.3, 0.4) is 0 Å². The maximum absolute atomic E-state index is 12.6. The largest absolute Gasteiger partial charge is 0.475 e. The fourth-order valence-corrected chi connectivity index (χ4v) is 3.34. The number of carbonyl (C=O) groups is 1. The highest BCUT2D eigenvalue weighted by molar-refractivity contribution is 5.94. The van der Waals surface area contributed by atoms with Crippen LogP contribution in [0.1, 0.15) is 61.9 Å². The topological polar surface area (TPSA) is 84.3 Å². The summed E-state index contributed by atoms with van der Waals surface area (Å²) in [6, 6.07) is 7.15. The van der Waals surface area contributed by atoms with Gasteiger partial charge in [-0.15, -0.1) is 0 Å². The molecule has 0 saturated heterocycles. The van der Waals surface area contributed by atoms with E-state index in [0.29, 0.717) is 24.3 Å². The van der Waals surface area contributed by atoms with Crippen LogP contribution < -0.4 is 10.1 Å². The summed E-state index contributed by atoms with van der Waals surface area (Å²) < 4.78 is 5.69. The van der Waals surface area contributed by atoms with Gasteiger partial charge in [0.25, 0.3) is 5.91 Å². The standard InChI is InChI=1S/C21H27N3O3/c1-3-15(2)27-19-13-16(8-12-23-19)20(25)24-18-6-9-21(26,10-7-18)17-5-4-11-22-14-17/h4-5,8,11-15,18,26H,3,6-7,9-10H2,1-2H3,(H,24,25)/t15-,18?,21?/m0/s1. The van der Waals surface area contributed by atoms with E-state index in [1.54, 1.807) is 30.7 Å². The van der Waals surface area contributed by atoms with Crippen LogP contribution in [-0.2, 0) is 5.60 Å². The molecule has 0 bridgehead atoms. The first-order valence-electron chi connectivity index (χ1n) is 9.56. The highest BCUT2D eigenvalue weighted by Crippen LogP contribution is 2.36. The first-order valence-corrected chi connectivity index (χ1v) is 9.56. The van der Waals surface area contributed by atoms with Crippen LogP contribution in [0.25, 0.3) is 0 Å². The Balaban J connectivity index is 1.57. The molecule has 6 heteroatoms. The van der Waals surface area contributed by atoms with Gasteiger partial charge in [0.2, 0.25) is 5.88 Å². The third-order valence-corrected chi connectivity index (χ3v) is 5.24. The molecule has 0 spiro atoms. The van der Waals surface area contributed by atoms with Gasteiger partial charge in [-0.2, -0.15) is 0 Å². The molecular formula is C21H27N3O3. The van der Waals surface area contributed by atoms with Crippen molar-refractivity contribution in [1.82, 2.24) is 15.3 Å². The van der Waals surface area contributed by atoms with E-state index in [0.717, 1.165) is 24.8 Å². The second-order valence-electron chi connectivity index (χ2n) is 7.24. The molecule has 6 nitrogen and oxygen atoms in total. The van der Waals surface area contributed by atoms with Gasteiger partial charge < -0.3 is 15.2 Å². The second kappa shape index (κ2) is 8.48. The van der Waals surface area contributed by atoms with Crippen LogP contribution in [0.15, 0.2) is 42.9 Å². The number of carbonyl (C=O) groups excluding carboxylic acids is 1. The Morgan fingerprint density at radius 3 is 2.81 bits per heavy atom. The Bertz CT molecular complexity index is 758. The molecule has 1 aliphatic rings. The van der Waals surface area contributed by atoms with Gasteiger partial charge in [-0.1, -0.05) is 13.0 Å². The summed E-state index contributed by atoms with van der Waals surface area (Å²) in [6.45, 7) is 4.01. The quantitative estimate of drug-likeness (QED) is 0.817. The van der Waals surface area contributed by atoms with Crippen LogP contribution in [0.2, 0.25) is 0 Å². The number of ether oxygens (including phenoxy) is 1. The molecule has 0 aromatic carbocycles. The number of nitrogens with one attached hydrogen (secondary N) is 1. The lowest BCUT2D eigenvalue weighted by Crippen LogP contribution is -2.42. The van der Waals surface area contributed by atoms with Gasteiger partial charge in [-0.25, -0.2) is 4.98 Å². The molecule has 2 heterocycles. The predicted octanol–water partition coefficient (Wildman–Crippen LogP) is 3.21. The summed E-state index contributed by atoms with van der Waals surface area (Å²) in [7, 11) is 0. The minimum atomic E-state index is -0.858. The Labute approximate surface area is 160 Å². The Hall–Kier alpha value is -2.47. The molecule has 3 rings (SSSR count). The first kappa shape index (κ1) is 19.3. The van der Waals surface area contributed by atoms with Crippen LogP contribution in [0, 0.1) is 0 Å². The van der Waals surface area contributed by atoms with E-state index in [2.05, 4.69) is 15.3 Å². The number of amides is 1. The molecule has 144 valence electrons. The van der Waals surface area contributed by atoms with E-state index in [4.69, 9.17) is 4.74 Å². The van der Waals surface area contributed by atoms with Gasteiger partial charge >= 0.3 is 0 Å². The highest BCUT2D eigenvalue weighted by Gasteiger charge is 2.35. The molecule has 27 heavy (non-hydrogen) atoms. The number of aromatic nitrogens is 2. The Kier molecular flexibility index (Phi) is 6.06. The summed E-state index contributed by atoms with van der Waals surface area (Å²) in [6.07, 6.45) is 8.58. The van der Waals surface area contributed by atoms with Crippen molar-refractivity contribution in [3.63, 3.8) is 0 Å². The smallest absolute Gasteiger partial charge is 0.251 e. The number of hydrogen-bond donors (Lipinski definition) is 2. The zero-order chi connectivity index (χ0) is 19.3. The van der Waals surface area contributed by atoms with Crippen molar-refractivity contribution in [2.45, 2.75) is 63.7 Å². The van der Waals surface area contributed by atoms with Gasteiger partial charge in [-0.05, 0) is 51.2 Å². The number of rotatable bonds is 6. The van der Waals surface area contributed by atoms with Crippen molar-refractivity contribution < 1.29 is 14.6 Å². The molecule has 0 aliphatic heterocycles. The fraction of sp³-hybridized carbons (Fsp3) is 0.476. The summed E-state index contributed by atoms with van der Waals surface area (Å²) >= 11 is 0. The summed E-state index contributed by atoms with van der Waals surface area (Å²) in [5.74, 6) is 0.329. The van der Waals surface area contributed by atoms with Gasteiger partial charge in [0, 0.05) is 41.8 Å². The summed E-state index contributed by atoms with van der Waals surface area (Å²) in [5, 5.41) is 13.9. The number of aliphatic hydroxyl groups is 1. The van der Waals surface area contributed by atoms with Crippen molar-refractivity contribution >= 4 is 5.91 Å². The molecule has 0 radical (unpaired) electrons. The number of nitrogens with zero attached hydrogens (tertiary/aromatic N) is 2. The molecule has 1 saturated carbocycles. The van der Waals surface area contributed by atoms with E-state index in [1.165, 1.54) is 0 Å². The van der Waals surface area contributed by atoms with Crippen molar-refractivity contribution in [3.8, 4) is 5.88 Å². The second-order valence-corrected chi connectivity index (χ2v) is 7.24. The zero-order valence-corrected chi connectivity index (χ0v) is 15.9. The van der Waals surface area contributed by atoms with Crippen LogP contribution in [-0.4, -0.2) is 33.1 Å². The number of hydrogen-bond acceptors (Lipinski definition) is 5. The van der Waals surface area contributed by atoms with E-state index in [9.17, 15) is 9.90 Å². The highest BCUT2D eigenvalue weighted by atomic mass is 16.5. The molecule has 1 atom stereocenters. The zero-order valence-electron chi connectivity index (χ0n) is 15.9. The lowest BCUT2D eigenvalue weighted by Gasteiger charge is -2.36. The van der Waals surface area contributed by atoms with Crippen molar-refractivity contribution in [2.24, 2.45) is 0 Å². The SMILES string of the molecule is CC[C@H](C)Oc1cc(C(=O)NC2CCC(O)(c3cccnc3)CC2)ccn1. The van der Waals surface area contributed by atoms with Crippen LogP contribution >= 0.6 is 0 Å².